The van der Waals surface area contributed by atoms with Gasteiger partial charge in [0.2, 0.25) is 0 Å². The highest BCUT2D eigenvalue weighted by Crippen LogP contribution is 2.55. The minimum absolute atomic E-state index is 0.00320. The topological polar surface area (TPSA) is 6.48 Å². The minimum atomic E-state index is -0.0456. The van der Waals surface area contributed by atoms with Gasteiger partial charge in [0.1, 0.15) is 0 Å². The van der Waals surface area contributed by atoms with Crippen LogP contribution in [0, 0.1) is 6.92 Å². The Morgan fingerprint density at radius 3 is 1.55 bits per heavy atom. The fraction of sp³-hybridized carbons (Fsp3) is 0.457. The lowest BCUT2D eigenvalue weighted by Gasteiger charge is -2.47. The standard InChI is InChI=1S/C70H85BN2S/c1-41(2)43-32-47(66(10,11)12)36-49(33-43)72-57-40-55-54(69(17,18)29-30-70(55,19)20)39-56(57)71-61-51-37-46(65(7,8)9)23-26-60(51)74-63(61)73(48-24-21-45(22-25-48)64(4,5)6)59-35-44(34-58(72)62(59)71)50-38-53-52(31-42(50)3)67(13,14)27-28-68(53,15)16/h21-26,31-41H,27-30H2,1-20H3. The fourth-order valence-corrected chi connectivity index (χ4v) is 14.7. The number of benzene rings is 6. The number of aryl methyl sites for hydroxylation is 1. The normalized spacial score (nSPS) is 18.3. The molecule has 2 aliphatic carbocycles. The van der Waals surface area contributed by atoms with E-state index >= 15 is 0 Å². The molecule has 7 aromatic rings. The van der Waals surface area contributed by atoms with Crippen molar-refractivity contribution < 1.29 is 0 Å². The van der Waals surface area contributed by atoms with Gasteiger partial charge in [-0.05, 0) is 208 Å². The van der Waals surface area contributed by atoms with Crippen molar-refractivity contribution in [2.24, 2.45) is 0 Å². The Bertz CT molecular complexity index is 3440. The van der Waals surface area contributed by atoms with Crippen LogP contribution < -0.4 is 26.2 Å². The smallest absolute Gasteiger partial charge is 0.254 e. The summed E-state index contributed by atoms with van der Waals surface area (Å²) in [7, 11) is 0. The van der Waals surface area contributed by atoms with Crippen LogP contribution in [-0.2, 0) is 37.9 Å². The maximum absolute atomic E-state index is 2.76. The lowest BCUT2D eigenvalue weighted by molar-refractivity contribution is 0.332. The van der Waals surface area contributed by atoms with E-state index in [1.165, 1.54) is 147 Å². The van der Waals surface area contributed by atoms with Gasteiger partial charge < -0.3 is 9.80 Å². The molecule has 0 N–H and O–H groups in total. The highest BCUT2D eigenvalue weighted by Gasteiger charge is 2.49. The first-order valence-corrected chi connectivity index (χ1v) is 29.0. The Kier molecular flexibility index (Phi) is 11.4. The van der Waals surface area contributed by atoms with Crippen LogP contribution in [0.3, 0.4) is 0 Å². The average Bonchev–Trinajstić information content (AvgIpc) is 3.69. The van der Waals surface area contributed by atoms with E-state index in [-0.39, 0.29) is 44.6 Å². The first-order valence-electron chi connectivity index (χ1n) is 28.2. The third-order valence-corrected chi connectivity index (χ3v) is 19.9. The van der Waals surface area contributed by atoms with E-state index < -0.39 is 0 Å². The molecule has 2 aliphatic heterocycles. The summed E-state index contributed by atoms with van der Waals surface area (Å²) in [6, 6.07) is 40.5. The van der Waals surface area contributed by atoms with Crippen LogP contribution in [0.4, 0.5) is 33.4 Å². The summed E-state index contributed by atoms with van der Waals surface area (Å²) < 4.78 is 1.35. The summed E-state index contributed by atoms with van der Waals surface area (Å²) in [5, 5.41) is 2.73. The van der Waals surface area contributed by atoms with Gasteiger partial charge in [0.05, 0.1) is 5.00 Å². The van der Waals surface area contributed by atoms with Crippen LogP contribution in [-0.4, -0.2) is 6.71 Å². The molecular formula is C70H85BN2S. The Morgan fingerprint density at radius 1 is 0.486 bits per heavy atom. The van der Waals surface area contributed by atoms with Crippen molar-refractivity contribution in [1.29, 1.82) is 0 Å². The minimum Gasteiger partial charge on any atom is -0.311 e. The van der Waals surface area contributed by atoms with Crippen LogP contribution in [0.15, 0.2) is 97.1 Å². The van der Waals surface area contributed by atoms with Crippen molar-refractivity contribution >= 4 is 78.0 Å². The van der Waals surface area contributed by atoms with Crippen LogP contribution in [0.25, 0.3) is 21.2 Å². The molecule has 0 radical (unpaired) electrons. The quantitative estimate of drug-likeness (QED) is 0.162. The Morgan fingerprint density at radius 2 is 1.00 bits per heavy atom. The zero-order chi connectivity index (χ0) is 53.4. The van der Waals surface area contributed by atoms with Gasteiger partial charge in [-0.3, -0.25) is 0 Å². The molecule has 11 rings (SSSR count). The Labute approximate surface area is 451 Å². The predicted octanol–water partition coefficient (Wildman–Crippen LogP) is 18.7. The van der Waals surface area contributed by atoms with E-state index in [0.29, 0.717) is 5.92 Å². The molecule has 0 saturated heterocycles. The molecule has 0 atom stereocenters. The Hall–Kier alpha value is -5.06. The van der Waals surface area contributed by atoms with Gasteiger partial charge in [-0.2, -0.15) is 0 Å². The molecule has 384 valence electrons. The second-order valence-electron chi connectivity index (χ2n) is 29.5. The second kappa shape index (κ2) is 16.5. The third kappa shape index (κ3) is 8.07. The summed E-state index contributed by atoms with van der Waals surface area (Å²) in [5.74, 6) is 0.366. The molecule has 0 saturated carbocycles. The van der Waals surface area contributed by atoms with Crippen LogP contribution in [0.5, 0.6) is 0 Å². The van der Waals surface area contributed by atoms with Crippen LogP contribution >= 0.6 is 11.3 Å². The maximum Gasteiger partial charge on any atom is 0.254 e. The molecule has 1 aromatic heterocycles. The summed E-state index contributed by atoms with van der Waals surface area (Å²) in [6.45, 7) is 48.3. The molecule has 4 heteroatoms. The fourth-order valence-electron chi connectivity index (χ4n) is 13.4. The molecular weight excluding hydrogens is 912 g/mol. The second-order valence-corrected chi connectivity index (χ2v) is 30.6. The number of nitrogens with zero attached hydrogens (tertiary/aromatic N) is 2. The van der Waals surface area contributed by atoms with E-state index in [1.54, 1.807) is 0 Å². The van der Waals surface area contributed by atoms with Gasteiger partial charge in [0, 0.05) is 33.1 Å². The molecule has 0 amide bonds. The monoisotopic (exact) mass is 997 g/mol. The van der Waals surface area contributed by atoms with Crippen molar-refractivity contribution in [3.8, 4) is 11.1 Å². The van der Waals surface area contributed by atoms with E-state index in [4.69, 9.17) is 0 Å². The largest absolute Gasteiger partial charge is 0.311 e. The molecule has 2 nitrogen and oxygen atoms in total. The predicted molar refractivity (Wildman–Crippen MR) is 327 cm³/mol. The van der Waals surface area contributed by atoms with Gasteiger partial charge in [-0.15, -0.1) is 11.3 Å². The Balaban J connectivity index is 1.34. The molecule has 0 unspecified atom stereocenters. The summed E-state index contributed by atoms with van der Waals surface area (Å²) in [4.78, 5) is 5.46. The van der Waals surface area contributed by atoms with E-state index in [9.17, 15) is 0 Å². The van der Waals surface area contributed by atoms with Crippen molar-refractivity contribution in [3.63, 3.8) is 0 Å². The first kappa shape index (κ1) is 51.1. The number of hydrogen-bond acceptors (Lipinski definition) is 3. The van der Waals surface area contributed by atoms with Crippen molar-refractivity contribution in [3.05, 3.63) is 147 Å². The van der Waals surface area contributed by atoms with E-state index in [2.05, 4.69) is 245 Å². The van der Waals surface area contributed by atoms with Crippen molar-refractivity contribution in [2.45, 2.75) is 208 Å². The molecule has 0 spiro atoms. The van der Waals surface area contributed by atoms with Crippen LogP contribution in [0.1, 0.15) is 213 Å². The lowest BCUT2D eigenvalue weighted by Crippen LogP contribution is -2.61. The highest BCUT2D eigenvalue weighted by molar-refractivity contribution is 7.26. The zero-order valence-corrected chi connectivity index (χ0v) is 49.8. The number of rotatable bonds is 4. The molecule has 0 fully saturated rings. The van der Waals surface area contributed by atoms with Crippen molar-refractivity contribution in [2.75, 3.05) is 9.80 Å². The summed E-state index contributed by atoms with van der Waals surface area (Å²) >= 11 is 1.99. The van der Waals surface area contributed by atoms with E-state index in [1.807, 2.05) is 11.3 Å². The molecule has 6 aromatic carbocycles. The maximum atomic E-state index is 2.76. The number of thiophene rings is 1. The molecule has 4 aliphatic rings. The zero-order valence-electron chi connectivity index (χ0n) is 49.0. The first-order chi connectivity index (χ1) is 34.3. The van der Waals surface area contributed by atoms with Gasteiger partial charge in [-0.25, -0.2) is 0 Å². The number of hydrogen-bond donors (Lipinski definition) is 0. The molecule has 3 heterocycles. The lowest BCUT2D eigenvalue weighted by atomic mass is 9.33. The summed E-state index contributed by atoms with van der Waals surface area (Å²) in [6.07, 6.45) is 4.72. The third-order valence-electron chi connectivity index (χ3n) is 18.8. The number of anilines is 6. The molecule has 74 heavy (non-hydrogen) atoms. The van der Waals surface area contributed by atoms with Gasteiger partial charge in [0.25, 0.3) is 6.71 Å². The van der Waals surface area contributed by atoms with Gasteiger partial charge in [-0.1, -0.05) is 180 Å². The van der Waals surface area contributed by atoms with E-state index in [0.717, 1.165) is 0 Å². The SMILES string of the molecule is Cc1cc2c(cc1-c1cc3c4c(c1)N(c1ccc(C(C)(C)C)cc1)c1sc5ccc(C(C)(C)C)cc5c1B4c1cc4c(cc1N3c1cc(C(C)C)cc(C(C)(C)C)c1)C(C)(C)CCC4(C)C)C(C)(C)CCC2(C)C. The van der Waals surface area contributed by atoms with Gasteiger partial charge in [0.15, 0.2) is 0 Å². The number of fused-ring (bicyclic) bond motifs is 8. The highest BCUT2D eigenvalue weighted by atomic mass is 32.1. The average molecular weight is 997 g/mol. The van der Waals surface area contributed by atoms with Crippen molar-refractivity contribution in [1.82, 2.24) is 0 Å². The summed E-state index contributed by atoms with van der Waals surface area (Å²) in [5.41, 5.74) is 26.5. The van der Waals surface area contributed by atoms with Gasteiger partial charge >= 0.3 is 0 Å². The molecule has 0 bridgehead atoms. The van der Waals surface area contributed by atoms with Crippen LogP contribution in [0.2, 0.25) is 0 Å².